The van der Waals surface area contributed by atoms with Crippen LogP contribution in [-0.2, 0) is 9.32 Å². The van der Waals surface area contributed by atoms with E-state index in [1.54, 1.807) is 0 Å². The first-order valence-electron chi connectivity index (χ1n) is 9.30. The third kappa shape index (κ3) is 4.46. The van der Waals surface area contributed by atoms with E-state index in [9.17, 15) is 4.79 Å². The Bertz CT molecular complexity index is 772. The van der Waals surface area contributed by atoms with Gasteiger partial charge in [0.25, 0.3) is 0 Å². The first-order valence-corrected chi connectivity index (χ1v) is 11.2. The maximum atomic E-state index is 13.0. The molecule has 3 aromatic rings. The predicted molar refractivity (Wildman–Crippen MR) is 117 cm³/mol. The van der Waals surface area contributed by atoms with E-state index in [0.717, 1.165) is 15.9 Å². The van der Waals surface area contributed by atoms with Gasteiger partial charge >= 0.3 is 162 Å². The average molecular weight is 378 g/mol. The molecule has 0 aliphatic rings. The second-order valence-corrected chi connectivity index (χ2v) is 11.3. The van der Waals surface area contributed by atoms with E-state index in [-0.39, 0.29) is 11.4 Å². The molecule has 3 rings (SSSR count). The van der Waals surface area contributed by atoms with E-state index < -0.39 is 7.49 Å². The molecule has 0 atom stereocenters. The molecule has 0 spiro atoms. The van der Waals surface area contributed by atoms with Crippen molar-refractivity contribution < 1.29 is 9.32 Å². The third-order valence-electron chi connectivity index (χ3n) is 4.48. The molecule has 3 aromatic carbocycles. The van der Waals surface area contributed by atoms with E-state index >= 15 is 0 Å². The quantitative estimate of drug-likeness (QED) is 0.606. The van der Waals surface area contributed by atoms with E-state index in [1.807, 2.05) is 54.6 Å². The molecule has 0 bridgehead atoms. The van der Waals surface area contributed by atoms with Gasteiger partial charge in [0.05, 0.1) is 0 Å². The summed E-state index contributed by atoms with van der Waals surface area (Å²) in [6, 6.07) is 30.6. The van der Waals surface area contributed by atoms with Crippen LogP contribution in [0.3, 0.4) is 0 Å². The summed E-state index contributed by atoms with van der Waals surface area (Å²) < 4.78 is 6.47. The summed E-state index contributed by atoms with van der Waals surface area (Å²) in [6.45, 7) is 6.18. The number of rotatable bonds is 5. The molecule has 0 saturated heterocycles. The second-order valence-electron chi connectivity index (χ2n) is 7.99. The van der Waals surface area contributed by atoms with Crippen molar-refractivity contribution in [3.05, 3.63) is 91.0 Å². The summed E-state index contributed by atoms with van der Waals surface area (Å²) in [5.74, 6) is -0.147. The number of hydrogen-bond acceptors (Lipinski definition) is 2. The Kier molecular flexibility index (Phi) is 5.77. The van der Waals surface area contributed by atoms with Gasteiger partial charge in [-0.15, -0.1) is 0 Å². The molecule has 2 nitrogen and oxygen atoms in total. The molecule has 140 valence electrons. The van der Waals surface area contributed by atoms with Gasteiger partial charge in [-0.2, -0.15) is 0 Å². The topological polar surface area (TPSA) is 26.3 Å². The summed E-state index contributed by atoms with van der Waals surface area (Å²) in [5.41, 5.74) is -0.124. The minimum atomic E-state index is -2.94. The van der Waals surface area contributed by atoms with Crippen molar-refractivity contribution in [2.24, 2.45) is 5.41 Å². The first kappa shape index (κ1) is 19.3. The Balaban J connectivity index is 2.21. The molecule has 0 aromatic heterocycles. The zero-order chi connectivity index (χ0) is 19.3. The van der Waals surface area contributed by atoms with Crippen LogP contribution in [0, 0.1) is 5.41 Å². The Morgan fingerprint density at radius 3 is 1.33 bits per heavy atom. The maximum absolute atomic E-state index is 13.0. The van der Waals surface area contributed by atoms with Gasteiger partial charge in [-0.25, -0.2) is 0 Å². The van der Waals surface area contributed by atoms with Crippen molar-refractivity contribution >= 4 is 29.4 Å². The zero-order valence-electron chi connectivity index (χ0n) is 16.2. The van der Waals surface area contributed by atoms with Gasteiger partial charge in [-0.1, -0.05) is 0 Å². The first-order chi connectivity index (χ1) is 12.9. The van der Waals surface area contributed by atoms with E-state index in [2.05, 4.69) is 57.2 Å². The van der Waals surface area contributed by atoms with Crippen LogP contribution in [0.15, 0.2) is 91.0 Å². The number of carbonyl (C=O) groups excluding carboxylic acids is 1. The van der Waals surface area contributed by atoms with Crippen LogP contribution < -0.4 is 15.9 Å². The molecule has 3 heteroatoms. The van der Waals surface area contributed by atoms with Gasteiger partial charge in [-0.3, -0.25) is 0 Å². The van der Waals surface area contributed by atoms with E-state index in [0.29, 0.717) is 6.42 Å². The monoisotopic (exact) mass is 378 g/mol. The molecule has 0 aliphatic carbocycles. The molecule has 0 fully saturated rings. The molecule has 27 heavy (non-hydrogen) atoms. The average Bonchev–Trinajstić information content (AvgIpc) is 2.67. The number of hydrogen-bond donors (Lipinski definition) is 0. The van der Waals surface area contributed by atoms with Crippen LogP contribution in [-0.4, -0.2) is 5.97 Å². The fraction of sp³-hybridized carbons (Fsp3) is 0.208. The summed E-state index contributed by atoms with van der Waals surface area (Å²) in [7, 11) is -2.94. The van der Waals surface area contributed by atoms with E-state index in [4.69, 9.17) is 4.52 Å². The number of benzene rings is 3. The Morgan fingerprint density at radius 1 is 0.704 bits per heavy atom. The Hall–Kier alpha value is -2.44. The van der Waals surface area contributed by atoms with Gasteiger partial charge < -0.3 is 0 Å². The third-order valence-corrected chi connectivity index (χ3v) is 8.46. The van der Waals surface area contributed by atoms with Crippen molar-refractivity contribution in [2.75, 3.05) is 0 Å². The van der Waals surface area contributed by atoms with Crippen LogP contribution in [0.4, 0.5) is 0 Å². The fourth-order valence-electron chi connectivity index (χ4n) is 3.34. The molecule has 0 saturated carbocycles. The normalized spacial score (nSPS) is 12.4. The standard InChI is InChI=1S/C24H27O2P/c1-24(2,3)19-23(25)26-27(20-13-7-4-8-14-20,21-15-9-5-10-16-21)22-17-11-6-12-18-22/h4-18,27H,19H2,1-3H3. The summed E-state index contributed by atoms with van der Waals surface area (Å²) in [6.07, 6.45) is 0.383. The predicted octanol–water partition coefficient (Wildman–Crippen LogP) is 4.61. The molecule has 0 unspecified atom stereocenters. The van der Waals surface area contributed by atoms with Crippen LogP contribution in [0.2, 0.25) is 0 Å². The molecule has 0 heterocycles. The molecule has 0 radical (unpaired) electrons. The molecular formula is C24H27O2P. The van der Waals surface area contributed by atoms with Crippen LogP contribution >= 0.6 is 7.49 Å². The van der Waals surface area contributed by atoms with Crippen molar-refractivity contribution in [1.82, 2.24) is 0 Å². The summed E-state index contributed by atoms with van der Waals surface area (Å²) in [5, 5.41) is 3.22. The van der Waals surface area contributed by atoms with Crippen molar-refractivity contribution in [2.45, 2.75) is 27.2 Å². The zero-order valence-corrected chi connectivity index (χ0v) is 17.2. The van der Waals surface area contributed by atoms with Gasteiger partial charge in [0, 0.05) is 0 Å². The van der Waals surface area contributed by atoms with Gasteiger partial charge in [0.1, 0.15) is 0 Å². The summed E-state index contributed by atoms with van der Waals surface area (Å²) in [4.78, 5) is 13.0. The number of carbonyl (C=O) groups is 1. The van der Waals surface area contributed by atoms with Crippen molar-refractivity contribution in [3.63, 3.8) is 0 Å². The Labute approximate surface area is 162 Å². The van der Waals surface area contributed by atoms with Crippen LogP contribution in [0.25, 0.3) is 0 Å². The van der Waals surface area contributed by atoms with E-state index in [1.165, 1.54) is 0 Å². The van der Waals surface area contributed by atoms with Crippen molar-refractivity contribution in [1.29, 1.82) is 0 Å². The SMILES string of the molecule is CC(C)(C)CC(=O)O[PH](c1ccccc1)(c1ccccc1)c1ccccc1. The molecular weight excluding hydrogens is 351 g/mol. The fourth-order valence-corrected chi connectivity index (χ4v) is 7.09. The molecule has 0 aliphatic heterocycles. The van der Waals surface area contributed by atoms with Gasteiger partial charge in [-0.05, 0) is 0 Å². The van der Waals surface area contributed by atoms with Crippen LogP contribution in [0.1, 0.15) is 27.2 Å². The summed E-state index contributed by atoms with van der Waals surface area (Å²) >= 11 is 0. The van der Waals surface area contributed by atoms with Crippen molar-refractivity contribution in [3.8, 4) is 0 Å². The van der Waals surface area contributed by atoms with Gasteiger partial charge in [0.15, 0.2) is 0 Å². The minimum absolute atomic E-state index is 0.124. The molecule has 0 N–H and O–H groups in total. The van der Waals surface area contributed by atoms with Crippen LogP contribution in [0.5, 0.6) is 0 Å². The molecule has 0 amide bonds. The Morgan fingerprint density at radius 2 is 1.04 bits per heavy atom. The van der Waals surface area contributed by atoms with Gasteiger partial charge in [0.2, 0.25) is 0 Å². The second kappa shape index (κ2) is 8.06.